The van der Waals surface area contributed by atoms with E-state index in [0.29, 0.717) is 0 Å². The summed E-state index contributed by atoms with van der Waals surface area (Å²) in [5, 5.41) is 0. The molecule has 6 heteroatoms. The molecule has 0 aromatic heterocycles. The van der Waals surface area contributed by atoms with Gasteiger partial charge in [-0.05, 0) is 0 Å². The molecule has 0 aliphatic carbocycles. The van der Waals surface area contributed by atoms with Gasteiger partial charge in [0.05, 0.1) is 0 Å². The molecule has 5 radical (unpaired) electrons. The Kier molecular flexibility index (Phi) is 308. The molecule has 0 aromatic carbocycles. The molecule has 0 nitrogen and oxygen atoms in total. The second-order valence-corrected chi connectivity index (χ2v) is 0. The Morgan fingerprint density at radius 3 is 1.17 bits per heavy atom. The molecule has 0 saturated carbocycles. The summed E-state index contributed by atoms with van der Waals surface area (Å²) in [6.07, 6.45) is 0. The van der Waals surface area contributed by atoms with Crippen LogP contribution in [0.1, 0.15) is 5.71 Å². The SMILES string of the molecule is [B].[Co].[Cu].[H-].[H-].[H-].[H-].[Mg+2].[Sr+2].[Zn]. The van der Waals surface area contributed by atoms with Crippen molar-refractivity contribution in [2.75, 3.05) is 0 Å². The Labute approximate surface area is 133 Å². The van der Waals surface area contributed by atoms with Crippen molar-refractivity contribution in [3.8, 4) is 0 Å². The van der Waals surface area contributed by atoms with Gasteiger partial charge in [0.25, 0.3) is 0 Å². The maximum atomic E-state index is 0. The molecule has 0 aliphatic heterocycles. The molecule has 0 amide bonds. The van der Waals surface area contributed by atoms with Crippen molar-refractivity contribution >= 4 is 76.9 Å². The first kappa shape index (κ1) is 51.0. The Balaban J connectivity index is 0. The average Bonchev–Trinajstić information content (AvgIpc) is 0. The van der Waals surface area contributed by atoms with Crippen LogP contribution in [0.15, 0.2) is 0 Å². The predicted octanol–water partition coefficient (Wildman–Crippen LogP) is -0.700. The maximum Gasteiger partial charge on any atom is 2.00 e. The third kappa shape index (κ3) is 24.6. The molecule has 0 spiro atoms. The van der Waals surface area contributed by atoms with Crippen LogP contribution in [0.2, 0.25) is 0 Å². The van der Waals surface area contributed by atoms with Gasteiger partial charge in [0.15, 0.2) is 0 Å². The zero-order chi connectivity index (χ0) is 0. The topological polar surface area (TPSA) is 0 Å². The first-order valence-electron chi connectivity index (χ1n) is 0. The summed E-state index contributed by atoms with van der Waals surface area (Å²) >= 11 is 0. The minimum absolute atomic E-state index is 0. The Morgan fingerprint density at radius 2 is 1.17 bits per heavy atom. The van der Waals surface area contributed by atoms with Crippen LogP contribution in [0.5, 0.6) is 0 Å². The van der Waals surface area contributed by atoms with E-state index >= 15 is 0 Å². The molecular formula is H4BCoCuMgSrZn. The van der Waals surface area contributed by atoms with Crippen molar-refractivity contribution in [2.24, 2.45) is 0 Å². The molecule has 0 aliphatic rings. The van der Waals surface area contributed by atoms with Gasteiger partial charge in [-0.15, -0.1) is 0 Å². The van der Waals surface area contributed by atoms with Crippen LogP contribution in [-0.4, -0.2) is 76.9 Å². The normalized spacial score (nSPS) is 0. The van der Waals surface area contributed by atoms with Gasteiger partial charge in [0.1, 0.15) is 0 Å². The zero-order valence-corrected chi connectivity index (χ0v) is 13.2. The standard InChI is InChI=1S/B.Co.Cu.Mg.Sr.Zn.4H/q;;;2*+2;;4*-1. The van der Waals surface area contributed by atoms with E-state index in [4.69, 9.17) is 0 Å². The summed E-state index contributed by atoms with van der Waals surface area (Å²) < 4.78 is 0. The van der Waals surface area contributed by atoms with Crippen molar-refractivity contribution in [3.63, 3.8) is 0 Å². The van der Waals surface area contributed by atoms with E-state index in [2.05, 4.69) is 0 Å². The monoisotopic (exact) mass is 313 g/mol. The molecule has 0 atom stereocenters. The zero-order valence-electron chi connectivity index (χ0n) is 7.33. The third-order valence-electron chi connectivity index (χ3n) is 0. The van der Waals surface area contributed by atoms with Crippen molar-refractivity contribution in [1.29, 1.82) is 0 Å². The molecule has 0 N–H and O–H groups in total. The molecule has 33 valence electrons. The largest absolute Gasteiger partial charge is 2.00 e. The first-order chi connectivity index (χ1) is 0. The number of rotatable bonds is 0. The molecule has 0 aromatic rings. The van der Waals surface area contributed by atoms with E-state index in [1.807, 2.05) is 0 Å². The molecule has 0 unspecified atom stereocenters. The van der Waals surface area contributed by atoms with Gasteiger partial charge in [-0.2, -0.15) is 0 Å². The summed E-state index contributed by atoms with van der Waals surface area (Å²) in [5.74, 6) is 0. The van der Waals surface area contributed by atoms with Gasteiger partial charge in [-0.3, -0.25) is 0 Å². The van der Waals surface area contributed by atoms with Gasteiger partial charge < -0.3 is 5.71 Å². The van der Waals surface area contributed by atoms with Gasteiger partial charge >= 0.3 is 68.5 Å². The molecule has 0 rings (SSSR count). The van der Waals surface area contributed by atoms with Crippen LogP contribution in [0, 0.1) is 0 Å². The van der Waals surface area contributed by atoms with Crippen LogP contribution in [0.4, 0.5) is 0 Å². The predicted molar refractivity (Wildman–Crippen MR) is 21.7 cm³/mol. The maximum absolute atomic E-state index is 0. The summed E-state index contributed by atoms with van der Waals surface area (Å²) in [5.41, 5.74) is 0. The average molecular weight is 315 g/mol. The Bertz CT molecular complexity index is 25.2. The molecule has 0 fully saturated rings. The van der Waals surface area contributed by atoms with Crippen LogP contribution < -0.4 is 0 Å². The van der Waals surface area contributed by atoms with Gasteiger partial charge in [-0.25, -0.2) is 0 Å². The molecule has 0 saturated heterocycles. The minimum Gasteiger partial charge on any atom is -1.00 e. The van der Waals surface area contributed by atoms with Crippen LogP contribution >= 0.6 is 0 Å². The summed E-state index contributed by atoms with van der Waals surface area (Å²) in [7, 11) is 0. The van der Waals surface area contributed by atoms with E-state index < -0.39 is 0 Å². The van der Waals surface area contributed by atoms with Crippen molar-refractivity contribution in [3.05, 3.63) is 0 Å². The van der Waals surface area contributed by atoms with Crippen molar-refractivity contribution in [1.82, 2.24) is 0 Å². The second kappa shape index (κ2) is 36.2. The van der Waals surface area contributed by atoms with Crippen molar-refractivity contribution < 1.29 is 59.0 Å². The molecule has 0 heterocycles. The fourth-order valence-corrected chi connectivity index (χ4v) is 0. The van der Waals surface area contributed by atoms with Crippen LogP contribution in [0.3, 0.4) is 0 Å². The fourth-order valence-electron chi connectivity index (χ4n) is 0. The van der Waals surface area contributed by atoms with Gasteiger partial charge in [-0.1, -0.05) is 0 Å². The summed E-state index contributed by atoms with van der Waals surface area (Å²) in [6.45, 7) is 0. The number of hydrogen-bond donors (Lipinski definition) is 0. The molecular weight excluding hydrogens is 311 g/mol. The van der Waals surface area contributed by atoms with E-state index in [9.17, 15) is 0 Å². The summed E-state index contributed by atoms with van der Waals surface area (Å²) in [6, 6.07) is 0. The third-order valence-corrected chi connectivity index (χ3v) is 0. The van der Waals surface area contributed by atoms with Crippen LogP contribution in [-0.2, 0) is 53.3 Å². The molecule has 6 heavy (non-hydrogen) atoms. The number of hydrogen-bond acceptors (Lipinski definition) is 0. The van der Waals surface area contributed by atoms with E-state index in [1.54, 1.807) is 0 Å². The second-order valence-electron chi connectivity index (χ2n) is 0. The van der Waals surface area contributed by atoms with Crippen molar-refractivity contribution in [2.45, 2.75) is 0 Å². The Hall–Kier alpha value is 3.96. The van der Waals surface area contributed by atoms with E-state index in [1.165, 1.54) is 0 Å². The fraction of sp³-hybridized carbons (Fsp3) is 0. The van der Waals surface area contributed by atoms with Gasteiger partial charge in [0, 0.05) is 61.7 Å². The smallest absolute Gasteiger partial charge is 1.00 e. The first-order valence-corrected chi connectivity index (χ1v) is 0. The minimum atomic E-state index is 0. The van der Waals surface area contributed by atoms with E-state index in [-0.39, 0.29) is 136 Å². The molecule has 0 bridgehead atoms. The quantitative estimate of drug-likeness (QED) is 0.519. The van der Waals surface area contributed by atoms with Gasteiger partial charge in [0.2, 0.25) is 0 Å². The Morgan fingerprint density at radius 1 is 1.17 bits per heavy atom. The summed E-state index contributed by atoms with van der Waals surface area (Å²) in [4.78, 5) is 0. The van der Waals surface area contributed by atoms with Crippen LogP contribution in [0.25, 0.3) is 0 Å². The van der Waals surface area contributed by atoms with E-state index in [0.717, 1.165) is 0 Å².